The van der Waals surface area contributed by atoms with E-state index < -0.39 is 5.54 Å². The minimum absolute atomic E-state index is 0.100. The van der Waals surface area contributed by atoms with E-state index in [-0.39, 0.29) is 30.8 Å². The van der Waals surface area contributed by atoms with Crippen molar-refractivity contribution in [1.29, 1.82) is 0 Å². The van der Waals surface area contributed by atoms with E-state index in [4.69, 9.17) is 0 Å². The molecule has 8 heteroatoms. The van der Waals surface area contributed by atoms with Gasteiger partial charge in [-0.2, -0.15) is 0 Å². The van der Waals surface area contributed by atoms with Crippen LogP contribution in [0.5, 0.6) is 0 Å². The predicted octanol–water partition coefficient (Wildman–Crippen LogP) is 3.97. The number of hydrogen-bond acceptors (Lipinski definition) is 5. The fraction of sp³-hybridized carbons (Fsp3) is 0.391. The number of benzene rings is 1. The number of thiazole rings is 1. The molecule has 2 aromatic rings. The van der Waals surface area contributed by atoms with Crippen LogP contribution in [-0.4, -0.2) is 46.4 Å². The van der Waals surface area contributed by atoms with Gasteiger partial charge in [0.2, 0.25) is 5.91 Å². The van der Waals surface area contributed by atoms with Crippen molar-refractivity contribution in [2.45, 2.75) is 44.1 Å². The van der Waals surface area contributed by atoms with Gasteiger partial charge >= 0.3 is 6.03 Å². The molecule has 1 aliphatic heterocycles. The van der Waals surface area contributed by atoms with Crippen LogP contribution in [0, 0.1) is 0 Å². The van der Waals surface area contributed by atoms with E-state index in [0.29, 0.717) is 30.9 Å². The summed E-state index contributed by atoms with van der Waals surface area (Å²) in [7, 11) is 0. The van der Waals surface area contributed by atoms with Crippen LogP contribution in [0.15, 0.2) is 48.4 Å². The monoisotopic (exact) mass is 438 g/mol. The highest BCUT2D eigenvalue weighted by atomic mass is 32.1. The van der Waals surface area contributed by atoms with E-state index in [2.05, 4.69) is 16.9 Å². The largest absolute Gasteiger partial charge is 0.325 e. The van der Waals surface area contributed by atoms with E-state index in [9.17, 15) is 14.4 Å². The maximum atomic E-state index is 12.9. The topological polar surface area (TPSA) is 82.6 Å². The molecule has 0 atom stereocenters. The van der Waals surface area contributed by atoms with Gasteiger partial charge in [0.1, 0.15) is 5.54 Å². The predicted molar refractivity (Wildman–Crippen MR) is 121 cm³/mol. The number of imide groups is 1. The van der Waals surface area contributed by atoms with E-state index in [1.807, 2.05) is 35.7 Å². The highest BCUT2D eigenvalue weighted by molar-refractivity contribution is 7.14. The highest BCUT2D eigenvalue weighted by Gasteiger charge is 2.52. The molecular formula is C23H26N4O3S. The summed E-state index contributed by atoms with van der Waals surface area (Å²) in [4.78, 5) is 45.4. The molecule has 1 saturated heterocycles. The first-order valence-electron chi connectivity index (χ1n) is 10.6. The van der Waals surface area contributed by atoms with E-state index >= 15 is 0 Å². The zero-order valence-corrected chi connectivity index (χ0v) is 18.2. The number of urea groups is 1. The lowest BCUT2D eigenvalue weighted by atomic mass is 9.98. The van der Waals surface area contributed by atoms with Crippen molar-refractivity contribution in [3.8, 4) is 11.3 Å². The Balaban J connectivity index is 1.37. The average molecular weight is 439 g/mol. The Morgan fingerprint density at radius 2 is 2.00 bits per heavy atom. The van der Waals surface area contributed by atoms with Crippen LogP contribution in [0.4, 0.5) is 9.93 Å². The molecule has 2 fully saturated rings. The van der Waals surface area contributed by atoms with Crippen molar-refractivity contribution in [2.75, 3.05) is 18.0 Å². The zero-order valence-electron chi connectivity index (χ0n) is 17.4. The van der Waals surface area contributed by atoms with Crippen LogP contribution < -0.4 is 10.2 Å². The summed E-state index contributed by atoms with van der Waals surface area (Å²) in [6.07, 6.45) is 5.61. The van der Waals surface area contributed by atoms with E-state index in [1.54, 1.807) is 11.0 Å². The molecule has 2 heterocycles. The van der Waals surface area contributed by atoms with Crippen molar-refractivity contribution in [3.63, 3.8) is 0 Å². The molecule has 162 valence electrons. The molecule has 2 aliphatic rings. The quantitative estimate of drug-likeness (QED) is 0.499. The second-order valence-corrected chi connectivity index (χ2v) is 8.79. The molecule has 1 aliphatic carbocycles. The maximum absolute atomic E-state index is 12.9. The molecule has 1 aromatic heterocycles. The lowest BCUT2D eigenvalue weighted by Gasteiger charge is -2.20. The molecule has 0 unspecified atom stereocenters. The third-order valence-corrected chi connectivity index (χ3v) is 6.74. The molecule has 4 amide bonds. The molecular weight excluding hydrogens is 412 g/mol. The number of anilines is 1. The number of carbonyl (C=O) groups is 3. The SMILES string of the molecule is C=CCN(C(=O)CCCN1C(=O)NC2(CCCC2)C1=O)c1nc(-c2ccccc2)cs1. The Hall–Kier alpha value is -3.00. The lowest BCUT2D eigenvalue weighted by molar-refractivity contribution is -0.131. The molecule has 1 saturated carbocycles. The number of amides is 4. The Morgan fingerprint density at radius 1 is 1.26 bits per heavy atom. The molecule has 31 heavy (non-hydrogen) atoms. The third kappa shape index (κ3) is 4.25. The van der Waals surface area contributed by atoms with Gasteiger partial charge in [0, 0.05) is 30.5 Å². The first-order chi connectivity index (χ1) is 15.0. The summed E-state index contributed by atoms with van der Waals surface area (Å²) in [6, 6.07) is 9.47. The number of hydrogen-bond donors (Lipinski definition) is 1. The molecule has 1 N–H and O–H groups in total. The van der Waals surface area contributed by atoms with Crippen LogP contribution in [0.1, 0.15) is 38.5 Å². The van der Waals surface area contributed by atoms with E-state index in [0.717, 1.165) is 24.1 Å². The van der Waals surface area contributed by atoms with Gasteiger partial charge in [0.15, 0.2) is 5.13 Å². The van der Waals surface area contributed by atoms with Crippen LogP contribution in [0.25, 0.3) is 11.3 Å². The normalized spacial score (nSPS) is 17.2. The van der Waals surface area contributed by atoms with Gasteiger partial charge in [-0.1, -0.05) is 49.2 Å². The second-order valence-electron chi connectivity index (χ2n) is 7.95. The van der Waals surface area contributed by atoms with Crippen LogP contribution in [0.2, 0.25) is 0 Å². The number of nitrogens with one attached hydrogen (secondary N) is 1. The van der Waals surface area contributed by atoms with Crippen molar-refractivity contribution in [2.24, 2.45) is 0 Å². The highest BCUT2D eigenvalue weighted by Crippen LogP contribution is 2.35. The number of aromatic nitrogens is 1. The maximum Gasteiger partial charge on any atom is 0.325 e. The fourth-order valence-corrected chi connectivity index (χ4v) is 5.13. The van der Waals surface area contributed by atoms with Crippen molar-refractivity contribution in [1.82, 2.24) is 15.2 Å². The van der Waals surface area contributed by atoms with Crippen molar-refractivity contribution >= 4 is 34.3 Å². The van der Waals surface area contributed by atoms with Crippen LogP contribution >= 0.6 is 11.3 Å². The summed E-state index contributed by atoms with van der Waals surface area (Å²) in [6.45, 7) is 4.35. The van der Waals surface area contributed by atoms with E-state index in [1.165, 1.54) is 16.2 Å². The summed E-state index contributed by atoms with van der Waals surface area (Å²) >= 11 is 1.41. The van der Waals surface area contributed by atoms with Gasteiger partial charge in [0.05, 0.1) is 5.69 Å². The molecule has 0 bridgehead atoms. The van der Waals surface area contributed by atoms with Gasteiger partial charge in [-0.05, 0) is 19.3 Å². The first-order valence-corrected chi connectivity index (χ1v) is 11.5. The van der Waals surface area contributed by atoms with Gasteiger partial charge in [-0.3, -0.25) is 19.4 Å². The average Bonchev–Trinajstić information content (AvgIpc) is 3.50. The summed E-state index contributed by atoms with van der Waals surface area (Å²) in [5.41, 5.74) is 1.11. The standard InChI is InChI=1S/C23H26N4O3S/c1-2-14-26(22-24-18(16-31-22)17-9-4-3-5-10-17)19(28)11-8-15-27-20(29)23(25-21(27)30)12-6-7-13-23/h2-5,9-10,16H,1,6-8,11-15H2,(H,25,30). The third-order valence-electron chi connectivity index (χ3n) is 5.88. The summed E-state index contributed by atoms with van der Waals surface area (Å²) in [5.74, 6) is -0.241. The van der Waals surface area contributed by atoms with Crippen molar-refractivity contribution < 1.29 is 14.4 Å². The number of carbonyl (C=O) groups excluding carboxylic acids is 3. The molecule has 4 rings (SSSR count). The Kier molecular flexibility index (Phi) is 6.18. The second kappa shape index (κ2) is 9.01. The number of rotatable bonds is 8. The molecule has 1 aromatic carbocycles. The number of nitrogens with zero attached hydrogens (tertiary/aromatic N) is 3. The zero-order chi connectivity index (χ0) is 21.8. The van der Waals surface area contributed by atoms with Gasteiger partial charge in [-0.15, -0.1) is 17.9 Å². The minimum Gasteiger partial charge on any atom is -0.323 e. The van der Waals surface area contributed by atoms with Crippen molar-refractivity contribution in [3.05, 3.63) is 48.4 Å². The fourth-order valence-electron chi connectivity index (χ4n) is 4.27. The Morgan fingerprint density at radius 3 is 2.71 bits per heavy atom. The Bertz CT molecular complexity index is 982. The molecule has 0 radical (unpaired) electrons. The van der Waals surface area contributed by atoms with Gasteiger partial charge in [-0.25, -0.2) is 9.78 Å². The lowest BCUT2D eigenvalue weighted by Crippen LogP contribution is -2.44. The summed E-state index contributed by atoms with van der Waals surface area (Å²) in [5, 5.41) is 5.42. The minimum atomic E-state index is -0.704. The first kappa shape index (κ1) is 21.2. The van der Waals surface area contributed by atoms with Crippen LogP contribution in [-0.2, 0) is 9.59 Å². The summed E-state index contributed by atoms with van der Waals surface area (Å²) < 4.78 is 0. The Labute approximate surface area is 185 Å². The molecule has 7 nitrogen and oxygen atoms in total. The van der Waals surface area contributed by atoms with Gasteiger partial charge in [0.25, 0.3) is 5.91 Å². The van der Waals surface area contributed by atoms with Gasteiger partial charge < -0.3 is 5.32 Å². The molecule has 1 spiro atoms. The van der Waals surface area contributed by atoms with Crippen LogP contribution in [0.3, 0.4) is 0 Å². The smallest absolute Gasteiger partial charge is 0.323 e.